The van der Waals surface area contributed by atoms with Crippen molar-refractivity contribution in [1.29, 1.82) is 0 Å². The number of anilines is 1. The lowest BCUT2D eigenvalue weighted by molar-refractivity contribution is 0.372. The van der Waals surface area contributed by atoms with Crippen LogP contribution in [-0.2, 0) is 7.05 Å². The van der Waals surface area contributed by atoms with Gasteiger partial charge in [0.1, 0.15) is 5.52 Å². The number of rotatable bonds is 2. The summed E-state index contributed by atoms with van der Waals surface area (Å²) in [5.41, 5.74) is 3.47. The second-order valence-corrected chi connectivity index (χ2v) is 9.37. The van der Waals surface area contributed by atoms with E-state index in [1.54, 1.807) is 24.0 Å². The Kier molecular flexibility index (Phi) is 4.04. The number of benzene rings is 1. The highest BCUT2D eigenvalue weighted by Gasteiger charge is 2.47. The monoisotopic (exact) mass is 436 g/mol. The molecule has 3 aromatic heterocycles. The summed E-state index contributed by atoms with van der Waals surface area (Å²) in [5, 5.41) is 9.98. The van der Waals surface area contributed by atoms with Crippen LogP contribution in [0.4, 0.5) is 10.1 Å². The van der Waals surface area contributed by atoms with Crippen LogP contribution in [0, 0.1) is 5.82 Å². The van der Waals surface area contributed by atoms with Gasteiger partial charge in [0, 0.05) is 54.3 Å². The molecule has 1 aromatic carbocycles. The van der Waals surface area contributed by atoms with Crippen molar-refractivity contribution in [3.63, 3.8) is 0 Å². The van der Waals surface area contributed by atoms with E-state index in [0.717, 1.165) is 29.5 Å². The van der Waals surface area contributed by atoms with E-state index in [2.05, 4.69) is 38.3 Å². The highest BCUT2D eigenvalue weighted by molar-refractivity contribution is 6.35. The van der Waals surface area contributed by atoms with Crippen molar-refractivity contribution in [3.05, 3.63) is 47.5 Å². The van der Waals surface area contributed by atoms with E-state index < -0.39 is 0 Å². The number of hydrogen-bond donors (Lipinski definition) is 1. The molecule has 0 amide bonds. The van der Waals surface area contributed by atoms with Crippen LogP contribution >= 0.6 is 11.6 Å². The predicted octanol–water partition coefficient (Wildman–Crippen LogP) is 4.31. The average molecular weight is 437 g/mol. The van der Waals surface area contributed by atoms with E-state index in [-0.39, 0.29) is 11.4 Å². The molecule has 158 valence electrons. The second-order valence-electron chi connectivity index (χ2n) is 8.96. The highest BCUT2D eigenvalue weighted by atomic mass is 35.5. The van der Waals surface area contributed by atoms with Crippen LogP contribution in [-0.4, -0.2) is 44.4 Å². The third-order valence-electron chi connectivity index (χ3n) is 6.33. The van der Waals surface area contributed by atoms with E-state index >= 15 is 0 Å². The smallest absolute Gasteiger partial charge is 0.161 e. The van der Waals surface area contributed by atoms with Gasteiger partial charge in [0.05, 0.1) is 22.6 Å². The molecule has 4 aromatic rings. The van der Waals surface area contributed by atoms with Crippen molar-refractivity contribution in [2.24, 2.45) is 7.05 Å². The Labute approximate surface area is 184 Å². The Balaban J connectivity index is 1.40. The summed E-state index contributed by atoms with van der Waals surface area (Å²) in [7, 11) is 1.77. The number of hydrogen-bond acceptors (Lipinski definition) is 5. The van der Waals surface area contributed by atoms with Crippen LogP contribution in [0.5, 0.6) is 0 Å². The molecule has 1 aliphatic heterocycles. The quantitative estimate of drug-likeness (QED) is 0.507. The third kappa shape index (κ3) is 3.23. The molecule has 1 saturated carbocycles. The first-order valence-corrected chi connectivity index (χ1v) is 10.9. The maximum Gasteiger partial charge on any atom is 0.161 e. The fourth-order valence-corrected chi connectivity index (χ4v) is 5.00. The number of nitrogens with zero attached hydrogens (tertiary/aromatic N) is 5. The Bertz CT molecular complexity index is 1350. The topological polar surface area (TPSA) is 58.9 Å². The molecular formula is C23H22ClFN6. The molecule has 1 unspecified atom stereocenters. The van der Waals surface area contributed by atoms with Crippen molar-refractivity contribution in [2.45, 2.75) is 31.3 Å². The van der Waals surface area contributed by atoms with E-state index in [1.165, 1.54) is 18.9 Å². The summed E-state index contributed by atoms with van der Waals surface area (Å²) in [5.74, 6) is -0.378. The van der Waals surface area contributed by atoms with Crippen LogP contribution in [0.3, 0.4) is 0 Å². The summed E-state index contributed by atoms with van der Waals surface area (Å²) in [4.78, 5) is 11.7. The zero-order valence-corrected chi connectivity index (χ0v) is 18.1. The molecule has 0 radical (unpaired) electrons. The van der Waals surface area contributed by atoms with Crippen molar-refractivity contribution >= 4 is 39.2 Å². The second kappa shape index (κ2) is 6.61. The zero-order chi connectivity index (χ0) is 21.3. The Hall–Kier alpha value is -2.77. The number of pyridine rings is 2. The molecule has 6 nitrogen and oxygen atoms in total. The molecule has 8 heteroatoms. The van der Waals surface area contributed by atoms with E-state index in [9.17, 15) is 4.39 Å². The standard InChI is InChI=1S/C23H22ClFN6/c1-13-10-31(12-23(28-13)3-4-23)16-7-17-18(24)8-20(27-22(17)26-9-16)14-5-15-11-30(2)29-21(15)19(25)6-14/h5-9,11,13,28H,3-4,10,12H2,1-2H3. The normalized spacial score (nSPS) is 20.1. The molecule has 0 bridgehead atoms. The predicted molar refractivity (Wildman–Crippen MR) is 121 cm³/mol. The molecular weight excluding hydrogens is 415 g/mol. The van der Waals surface area contributed by atoms with Gasteiger partial charge in [-0.05, 0) is 44.0 Å². The van der Waals surface area contributed by atoms with Gasteiger partial charge < -0.3 is 10.2 Å². The first-order valence-electron chi connectivity index (χ1n) is 10.5. The van der Waals surface area contributed by atoms with Crippen LogP contribution in [0.2, 0.25) is 5.02 Å². The summed E-state index contributed by atoms with van der Waals surface area (Å²) < 4.78 is 16.2. The maximum atomic E-state index is 14.6. The lowest BCUT2D eigenvalue weighted by Crippen LogP contribution is -2.57. The largest absolute Gasteiger partial charge is 0.367 e. The number of piperazine rings is 1. The number of halogens is 2. The van der Waals surface area contributed by atoms with Gasteiger partial charge in [-0.15, -0.1) is 0 Å². The van der Waals surface area contributed by atoms with Crippen LogP contribution in [0.25, 0.3) is 33.2 Å². The van der Waals surface area contributed by atoms with Gasteiger partial charge in [0.25, 0.3) is 0 Å². The first kappa shape index (κ1) is 19.0. The molecule has 1 aliphatic carbocycles. The third-order valence-corrected chi connectivity index (χ3v) is 6.64. The van der Waals surface area contributed by atoms with E-state index in [0.29, 0.717) is 33.5 Å². The first-order chi connectivity index (χ1) is 14.9. The lowest BCUT2D eigenvalue weighted by atomic mass is 10.1. The minimum atomic E-state index is -0.378. The Morgan fingerprint density at radius 2 is 2.06 bits per heavy atom. The fraction of sp³-hybridized carbons (Fsp3) is 0.348. The molecule has 31 heavy (non-hydrogen) atoms. The van der Waals surface area contributed by atoms with Gasteiger partial charge in [-0.3, -0.25) is 4.68 Å². The zero-order valence-electron chi connectivity index (χ0n) is 17.4. The summed E-state index contributed by atoms with van der Waals surface area (Å²) in [6.07, 6.45) is 6.10. The molecule has 6 rings (SSSR count). The van der Waals surface area contributed by atoms with E-state index in [1.807, 2.05) is 12.3 Å². The van der Waals surface area contributed by atoms with Gasteiger partial charge in [-0.1, -0.05) is 11.6 Å². The Morgan fingerprint density at radius 1 is 1.23 bits per heavy atom. The Morgan fingerprint density at radius 3 is 2.87 bits per heavy atom. The highest BCUT2D eigenvalue weighted by Crippen LogP contribution is 2.40. The molecule has 4 heterocycles. The molecule has 1 spiro atoms. The molecule has 1 saturated heterocycles. The van der Waals surface area contributed by atoms with Crippen molar-refractivity contribution in [2.75, 3.05) is 18.0 Å². The van der Waals surface area contributed by atoms with Gasteiger partial charge in [0.2, 0.25) is 0 Å². The van der Waals surface area contributed by atoms with Crippen LogP contribution in [0.1, 0.15) is 19.8 Å². The maximum absolute atomic E-state index is 14.6. The molecule has 1 N–H and O–H groups in total. The molecule has 1 atom stereocenters. The minimum Gasteiger partial charge on any atom is -0.367 e. The molecule has 2 aliphatic rings. The van der Waals surface area contributed by atoms with Gasteiger partial charge >= 0.3 is 0 Å². The van der Waals surface area contributed by atoms with E-state index in [4.69, 9.17) is 11.6 Å². The molecule has 2 fully saturated rings. The number of aromatic nitrogens is 4. The average Bonchev–Trinajstić information content (AvgIpc) is 3.34. The number of aryl methyl sites for hydroxylation is 1. The van der Waals surface area contributed by atoms with Gasteiger partial charge in [-0.2, -0.15) is 5.10 Å². The van der Waals surface area contributed by atoms with Crippen LogP contribution in [0.15, 0.2) is 36.7 Å². The SMILES string of the molecule is CC1CN(c2cnc3nc(-c4cc(F)c5nn(C)cc5c4)cc(Cl)c3c2)CC2(CC2)N1. The van der Waals surface area contributed by atoms with Gasteiger partial charge in [-0.25, -0.2) is 14.4 Å². The summed E-state index contributed by atoms with van der Waals surface area (Å²) >= 11 is 6.66. The van der Waals surface area contributed by atoms with Crippen molar-refractivity contribution in [1.82, 2.24) is 25.1 Å². The lowest BCUT2D eigenvalue weighted by Gasteiger charge is -2.39. The van der Waals surface area contributed by atoms with Crippen molar-refractivity contribution in [3.8, 4) is 11.3 Å². The summed E-state index contributed by atoms with van der Waals surface area (Å²) in [6.45, 7) is 4.14. The number of fused-ring (bicyclic) bond motifs is 2. The minimum absolute atomic E-state index is 0.257. The number of nitrogens with one attached hydrogen (secondary N) is 1. The van der Waals surface area contributed by atoms with Crippen molar-refractivity contribution < 1.29 is 4.39 Å². The fourth-order valence-electron chi connectivity index (χ4n) is 4.76. The van der Waals surface area contributed by atoms with Crippen LogP contribution < -0.4 is 10.2 Å². The summed E-state index contributed by atoms with van der Waals surface area (Å²) in [6, 6.07) is 7.61. The van der Waals surface area contributed by atoms with Gasteiger partial charge in [0.15, 0.2) is 11.5 Å².